The molecule has 0 saturated heterocycles. The Labute approximate surface area is 70.7 Å². The van der Waals surface area contributed by atoms with Gasteiger partial charge in [0.25, 0.3) is 0 Å². The maximum absolute atomic E-state index is 13.3. The molecule has 2 heteroatoms. The van der Waals surface area contributed by atoms with Crippen LogP contribution in [0.1, 0.15) is 32.1 Å². The van der Waals surface area contributed by atoms with Crippen LogP contribution in [-0.4, -0.2) is 15.3 Å². The third-order valence-electron chi connectivity index (χ3n) is 2.55. The fraction of sp³-hybridized carbons (Fsp3) is 0.778. The average molecular weight is 172 g/mol. The predicted molar refractivity (Wildman–Crippen MR) is 50.2 cm³/mol. The van der Waals surface area contributed by atoms with Crippen molar-refractivity contribution < 1.29 is 4.39 Å². The third-order valence-corrected chi connectivity index (χ3v) is 4.00. The Morgan fingerprint density at radius 3 is 2.55 bits per heavy atom. The summed E-state index contributed by atoms with van der Waals surface area (Å²) in [6.07, 6.45) is 6.07. The van der Waals surface area contributed by atoms with E-state index in [4.69, 9.17) is 0 Å². The molecule has 0 N–H and O–H groups in total. The quantitative estimate of drug-likeness (QED) is 0.572. The van der Waals surface area contributed by atoms with Crippen LogP contribution in [-0.2, 0) is 0 Å². The zero-order chi connectivity index (χ0) is 8.10. The van der Waals surface area contributed by atoms with Gasteiger partial charge in [0, 0.05) is 0 Å². The van der Waals surface area contributed by atoms with E-state index in [2.05, 4.69) is 6.58 Å². The van der Waals surface area contributed by atoms with Crippen LogP contribution in [0.25, 0.3) is 0 Å². The lowest BCUT2D eigenvalue weighted by atomic mass is 9.90. The largest absolute Gasteiger partial charge is 0.251 e. The van der Waals surface area contributed by atoms with E-state index in [1.54, 1.807) is 0 Å². The Bertz CT molecular complexity index is 119. The van der Waals surface area contributed by atoms with Crippen LogP contribution in [0.15, 0.2) is 12.3 Å². The Balaban J connectivity index is 2.26. The summed E-state index contributed by atoms with van der Waals surface area (Å²) in [5.74, 6) is -0.0822. The fourth-order valence-electron chi connectivity index (χ4n) is 1.85. The van der Waals surface area contributed by atoms with Gasteiger partial charge in [-0.25, -0.2) is 0 Å². The Hall–Kier alpha value is -0.113. The van der Waals surface area contributed by atoms with Crippen LogP contribution in [0.2, 0.25) is 0 Å². The minimum absolute atomic E-state index is 0.397. The van der Waals surface area contributed by atoms with Gasteiger partial charge in [-0.2, -0.15) is 0 Å². The number of hydrogen-bond acceptors (Lipinski definition) is 0. The lowest BCUT2D eigenvalue weighted by Gasteiger charge is -2.23. The number of hydrogen-bond donors (Lipinski definition) is 0. The van der Waals surface area contributed by atoms with Crippen molar-refractivity contribution >= 4 is 9.52 Å². The minimum Gasteiger partial charge on any atom is -0.251 e. The van der Waals surface area contributed by atoms with Crippen LogP contribution in [0, 0.1) is 5.92 Å². The summed E-state index contributed by atoms with van der Waals surface area (Å²) >= 11 is 0. The van der Waals surface area contributed by atoms with E-state index in [1.807, 2.05) is 5.70 Å². The van der Waals surface area contributed by atoms with Crippen molar-refractivity contribution in [3.63, 3.8) is 0 Å². The summed E-state index contributed by atoms with van der Waals surface area (Å²) in [6, 6.07) is 0. The second kappa shape index (κ2) is 4.70. The first-order chi connectivity index (χ1) is 5.34. The van der Waals surface area contributed by atoms with E-state index in [0.29, 0.717) is 5.92 Å². The zero-order valence-corrected chi connectivity index (χ0v) is 8.47. The number of alkyl halides is 1. The minimum atomic E-state index is -0.602. The molecule has 1 atom stereocenters. The molecule has 0 nitrogen and oxygen atoms in total. The van der Waals surface area contributed by atoms with E-state index in [-0.39, 0.29) is 0 Å². The van der Waals surface area contributed by atoms with Gasteiger partial charge in [-0.05, 0) is 18.8 Å². The molecule has 11 heavy (non-hydrogen) atoms. The second-order valence-electron chi connectivity index (χ2n) is 3.44. The second-order valence-corrected chi connectivity index (χ2v) is 5.27. The molecule has 1 aliphatic carbocycles. The van der Waals surface area contributed by atoms with Crippen molar-refractivity contribution in [2.24, 2.45) is 5.92 Å². The van der Waals surface area contributed by atoms with E-state index in [0.717, 1.165) is 12.8 Å². The van der Waals surface area contributed by atoms with E-state index in [1.165, 1.54) is 19.3 Å². The van der Waals surface area contributed by atoms with E-state index in [9.17, 15) is 4.39 Å². The topological polar surface area (TPSA) is 0 Å². The highest BCUT2D eigenvalue weighted by atomic mass is 28.2. The molecule has 1 aliphatic rings. The molecule has 0 amide bonds. The summed E-state index contributed by atoms with van der Waals surface area (Å²) in [4.78, 5) is 0. The van der Waals surface area contributed by atoms with Gasteiger partial charge in [0.15, 0.2) is 0 Å². The van der Waals surface area contributed by atoms with Gasteiger partial charge >= 0.3 is 0 Å². The van der Waals surface area contributed by atoms with Gasteiger partial charge in [0.05, 0.1) is 15.3 Å². The van der Waals surface area contributed by atoms with Crippen LogP contribution in [0.3, 0.4) is 0 Å². The Morgan fingerprint density at radius 1 is 1.36 bits per heavy atom. The van der Waals surface area contributed by atoms with Crippen molar-refractivity contribution in [1.82, 2.24) is 0 Å². The first kappa shape index (κ1) is 8.98. The standard InChI is InChI=1S/C9H17FSi/c1-2-11-9(10)8-6-4-3-5-7-8/h2,8-9H,1,3-7,11H2. The van der Waals surface area contributed by atoms with Crippen molar-refractivity contribution in [3.05, 3.63) is 12.3 Å². The molecule has 0 spiro atoms. The predicted octanol–water partition coefficient (Wildman–Crippen LogP) is 2.17. The van der Waals surface area contributed by atoms with Gasteiger partial charge in [0.2, 0.25) is 0 Å². The van der Waals surface area contributed by atoms with Gasteiger partial charge in [0.1, 0.15) is 0 Å². The van der Waals surface area contributed by atoms with Crippen LogP contribution < -0.4 is 0 Å². The molecule has 1 unspecified atom stereocenters. The maximum atomic E-state index is 13.3. The Morgan fingerprint density at radius 2 is 2.00 bits per heavy atom. The highest BCUT2D eigenvalue weighted by Gasteiger charge is 2.21. The smallest absolute Gasteiger partial charge is 0.0901 e. The van der Waals surface area contributed by atoms with E-state index >= 15 is 0 Å². The third kappa shape index (κ3) is 2.77. The fourth-order valence-corrected chi connectivity index (χ4v) is 3.02. The highest BCUT2D eigenvalue weighted by Crippen LogP contribution is 2.27. The van der Waals surface area contributed by atoms with Gasteiger partial charge < -0.3 is 0 Å². The summed E-state index contributed by atoms with van der Waals surface area (Å²) < 4.78 is 13.3. The SMILES string of the molecule is C=C[SiH2]C(F)C1CCCCC1. The van der Waals surface area contributed by atoms with Gasteiger partial charge in [-0.1, -0.05) is 19.3 Å². The molecule has 0 aromatic carbocycles. The number of rotatable bonds is 3. The zero-order valence-electron chi connectivity index (χ0n) is 7.06. The molecule has 0 radical (unpaired) electrons. The summed E-state index contributed by atoms with van der Waals surface area (Å²) in [6.45, 7) is 3.62. The number of halogens is 1. The summed E-state index contributed by atoms with van der Waals surface area (Å²) in [7, 11) is -0.602. The molecule has 1 rings (SSSR count). The molecule has 64 valence electrons. The molecule has 0 aromatic rings. The first-order valence-electron chi connectivity index (χ1n) is 4.59. The summed E-state index contributed by atoms with van der Waals surface area (Å²) in [5.41, 5.74) is 1.83. The highest BCUT2D eigenvalue weighted by molar-refractivity contribution is 6.43. The Kier molecular flexibility index (Phi) is 3.84. The molecule has 0 heterocycles. The van der Waals surface area contributed by atoms with Gasteiger partial charge in [-0.15, -0.1) is 12.3 Å². The molecule has 0 bridgehead atoms. The van der Waals surface area contributed by atoms with Gasteiger partial charge in [-0.3, -0.25) is 4.39 Å². The van der Waals surface area contributed by atoms with E-state index < -0.39 is 15.3 Å². The first-order valence-corrected chi connectivity index (χ1v) is 6.23. The molecule has 0 aromatic heterocycles. The van der Waals surface area contributed by atoms with Crippen molar-refractivity contribution in [3.8, 4) is 0 Å². The lowest BCUT2D eigenvalue weighted by Crippen LogP contribution is -2.23. The molecular weight excluding hydrogens is 155 g/mol. The normalized spacial score (nSPS) is 24.1. The summed E-state index contributed by atoms with van der Waals surface area (Å²) in [5, 5.41) is 0. The lowest BCUT2D eigenvalue weighted by molar-refractivity contribution is 0.246. The van der Waals surface area contributed by atoms with Crippen LogP contribution in [0.5, 0.6) is 0 Å². The molecular formula is C9H17FSi. The monoisotopic (exact) mass is 172 g/mol. The van der Waals surface area contributed by atoms with Crippen molar-refractivity contribution in [2.45, 2.75) is 37.9 Å². The van der Waals surface area contributed by atoms with Crippen LogP contribution >= 0.6 is 0 Å². The average Bonchev–Trinajstić information content (AvgIpc) is 2.07. The van der Waals surface area contributed by atoms with Crippen molar-refractivity contribution in [1.29, 1.82) is 0 Å². The van der Waals surface area contributed by atoms with Crippen molar-refractivity contribution in [2.75, 3.05) is 0 Å². The molecule has 1 fully saturated rings. The molecule has 0 aliphatic heterocycles. The molecule has 1 saturated carbocycles. The maximum Gasteiger partial charge on any atom is 0.0901 e. The van der Waals surface area contributed by atoms with Crippen LogP contribution in [0.4, 0.5) is 4.39 Å².